The Morgan fingerprint density at radius 1 is 0.656 bits per heavy atom. The predicted molar refractivity (Wildman–Crippen MR) is 145 cm³/mol. The third-order valence-corrected chi connectivity index (χ3v) is 16.5. The highest BCUT2D eigenvalue weighted by atomic mass is 28.4. The van der Waals surface area contributed by atoms with Crippen molar-refractivity contribution in [1.82, 2.24) is 0 Å². The molecule has 10 heteroatoms. The quantitative estimate of drug-likeness (QED) is 0.140. The lowest BCUT2D eigenvalue weighted by Gasteiger charge is -2.38. The van der Waals surface area contributed by atoms with Crippen molar-refractivity contribution >= 4 is 33.5 Å². The smallest absolute Gasteiger partial charge is 0.321 e. The Morgan fingerprint density at radius 3 is 1.59 bits per heavy atom. The SMILES string of the molecule is CCCOCC(COCCC)OCCC[Si](C)(CO[Si](C)(C)O[Si](C)(C)C)O[Si](C)(C)C. The summed E-state index contributed by atoms with van der Waals surface area (Å²) >= 11 is 0. The molecule has 0 aromatic heterocycles. The van der Waals surface area contributed by atoms with Crippen molar-refractivity contribution in [3.05, 3.63) is 0 Å². The van der Waals surface area contributed by atoms with Gasteiger partial charge in [0.25, 0.3) is 0 Å². The molecule has 0 aliphatic rings. The molecule has 1 unspecified atom stereocenters. The van der Waals surface area contributed by atoms with E-state index in [-0.39, 0.29) is 6.10 Å². The van der Waals surface area contributed by atoms with E-state index in [9.17, 15) is 0 Å². The van der Waals surface area contributed by atoms with Crippen LogP contribution in [0.1, 0.15) is 33.1 Å². The summed E-state index contributed by atoms with van der Waals surface area (Å²) in [5, 5.41) is 0. The van der Waals surface area contributed by atoms with E-state index in [4.69, 9.17) is 26.9 Å². The van der Waals surface area contributed by atoms with Crippen LogP contribution in [0.5, 0.6) is 0 Å². The lowest BCUT2D eigenvalue weighted by atomic mass is 10.4. The van der Waals surface area contributed by atoms with Crippen molar-refractivity contribution in [3.63, 3.8) is 0 Å². The third-order valence-electron chi connectivity index (χ3n) is 4.34. The van der Waals surface area contributed by atoms with Gasteiger partial charge in [-0.2, -0.15) is 0 Å². The monoisotopic (exact) mass is 526 g/mol. The molecule has 0 N–H and O–H groups in total. The first-order chi connectivity index (χ1) is 14.6. The molecule has 0 saturated heterocycles. The van der Waals surface area contributed by atoms with Gasteiger partial charge < -0.3 is 26.9 Å². The zero-order chi connectivity index (χ0) is 24.9. The largest absolute Gasteiger partial charge is 0.454 e. The van der Waals surface area contributed by atoms with Gasteiger partial charge >= 0.3 is 8.56 Å². The van der Waals surface area contributed by atoms with Gasteiger partial charge in [0.2, 0.25) is 8.32 Å². The van der Waals surface area contributed by atoms with Crippen LogP contribution in [0.3, 0.4) is 0 Å². The van der Waals surface area contributed by atoms with Crippen molar-refractivity contribution in [2.75, 3.05) is 39.3 Å². The van der Waals surface area contributed by atoms with Crippen LogP contribution in [0.25, 0.3) is 0 Å². The average molecular weight is 527 g/mol. The summed E-state index contributed by atoms with van der Waals surface area (Å²) in [6, 6.07) is 1.02. The number of rotatable bonds is 20. The molecule has 0 fully saturated rings. The first-order valence-electron chi connectivity index (χ1n) is 12.4. The topological polar surface area (TPSA) is 55.4 Å². The summed E-state index contributed by atoms with van der Waals surface area (Å²) in [7, 11) is -7.50. The number of ether oxygens (including phenoxy) is 3. The van der Waals surface area contributed by atoms with E-state index < -0.39 is 33.5 Å². The van der Waals surface area contributed by atoms with Gasteiger partial charge in [0.1, 0.15) is 6.10 Å². The Hall–Kier alpha value is 0.628. The minimum absolute atomic E-state index is 0.00772. The van der Waals surface area contributed by atoms with Crippen LogP contribution in [0.15, 0.2) is 0 Å². The predicted octanol–water partition coefficient (Wildman–Crippen LogP) is 6.15. The van der Waals surface area contributed by atoms with Crippen molar-refractivity contribution in [2.24, 2.45) is 0 Å². The number of hydrogen-bond acceptors (Lipinski definition) is 6. The van der Waals surface area contributed by atoms with Crippen LogP contribution in [-0.2, 0) is 26.9 Å². The molecule has 0 aromatic carbocycles. The second kappa shape index (κ2) is 15.6. The highest BCUT2D eigenvalue weighted by Crippen LogP contribution is 2.24. The molecule has 0 radical (unpaired) electrons. The molecule has 1 atom stereocenters. The van der Waals surface area contributed by atoms with Crippen LogP contribution < -0.4 is 0 Å². The molecule has 0 rings (SSSR count). The fourth-order valence-corrected chi connectivity index (χ4v) is 19.9. The fourth-order valence-electron chi connectivity index (χ4n) is 3.54. The lowest BCUT2D eigenvalue weighted by Crippen LogP contribution is -2.53. The molecular weight excluding hydrogens is 473 g/mol. The molecule has 0 bridgehead atoms. The molecule has 0 aromatic rings. The maximum atomic E-state index is 6.74. The summed E-state index contributed by atoms with van der Waals surface area (Å²) in [5.41, 5.74) is 0. The Labute approximate surface area is 203 Å². The normalized spacial score (nSPS) is 15.4. The highest BCUT2D eigenvalue weighted by molar-refractivity contribution is 6.86. The van der Waals surface area contributed by atoms with Gasteiger partial charge in [-0.3, -0.25) is 0 Å². The summed E-state index contributed by atoms with van der Waals surface area (Å²) in [5.74, 6) is 0. The van der Waals surface area contributed by atoms with Gasteiger partial charge in [-0.15, -0.1) is 0 Å². The van der Waals surface area contributed by atoms with Crippen molar-refractivity contribution in [1.29, 1.82) is 0 Å². The fraction of sp³-hybridized carbons (Fsp3) is 1.00. The van der Waals surface area contributed by atoms with Gasteiger partial charge in [0, 0.05) is 19.8 Å². The molecule has 0 saturated carbocycles. The van der Waals surface area contributed by atoms with Gasteiger partial charge in [-0.1, -0.05) is 13.8 Å². The Bertz CT molecular complexity index is 472. The lowest BCUT2D eigenvalue weighted by molar-refractivity contribution is -0.0596. The second-order valence-electron chi connectivity index (χ2n) is 11.3. The Balaban J connectivity index is 4.81. The zero-order valence-corrected chi connectivity index (χ0v) is 27.1. The molecule has 32 heavy (non-hydrogen) atoms. The molecule has 194 valence electrons. The molecule has 0 aliphatic heterocycles. The van der Waals surface area contributed by atoms with Crippen LogP contribution in [-0.4, -0.2) is 78.9 Å². The van der Waals surface area contributed by atoms with Crippen molar-refractivity contribution in [3.8, 4) is 0 Å². The summed E-state index contributed by atoms with van der Waals surface area (Å²) in [4.78, 5) is 0. The van der Waals surface area contributed by atoms with Gasteiger partial charge in [0.15, 0.2) is 16.6 Å². The van der Waals surface area contributed by atoms with E-state index in [1.807, 2.05) is 0 Å². The highest BCUT2D eigenvalue weighted by Gasteiger charge is 2.39. The van der Waals surface area contributed by atoms with E-state index in [1.165, 1.54) is 0 Å². The second-order valence-corrected chi connectivity index (χ2v) is 28.2. The van der Waals surface area contributed by atoms with E-state index in [2.05, 4.69) is 72.8 Å². The van der Waals surface area contributed by atoms with E-state index in [1.54, 1.807) is 0 Å². The van der Waals surface area contributed by atoms with E-state index in [0.717, 1.165) is 38.5 Å². The summed E-state index contributed by atoms with van der Waals surface area (Å²) in [6.45, 7) is 27.8. The summed E-state index contributed by atoms with van der Waals surface area (Å²) < 4.78 is 37.2. The summed E-state index contributed by atoms with van der Waals surface area (Å²) in [6.07, 6.45) is 3.69. The molecular formula is C22H54O6Si4. The maximum absolute atomic E-state index is 6.74. The maximum Gasteiger partial charge on any atom is 0.321 e. The van der Waals surface area contributed by atoms with Crippen molar-refractivity contribution in [2.45, 2.75) is 104 Å². The van der Waals surface area contributed by atoms with E-state index in [0.29, 0.717) is 26.1 Å². The van der Waals surface area contributed by atoms with Gasteiger partial charge in [-0.05, 0) is 84.2 Å². The van der Waals surface area contributed by atoms with Crippen LogP contribution >= 0.6 is 0 Å². The third kappa shape index (κ3) is 19.0. The number of hydrogen-bond donors (Lipinski definition) is 0. The van der Waals surface area contributed by atoms with Gasteiger partial charge in [0.05, 0.1) is 19.4 Å². The van der Waals surface area contributed by atoms with Gasteiger partial charge in [-0.25, -0.2) is 0 Å². The molecule has 0 amide bonds. The zero-order valence-electron chi connectivity index (χ0n) is 23.1. The average Bonchev–Trinajstić information content (AvgIpc) is 2.60. The Morgan fingerprint density at radius 2 is 1.16 bits per heavy atom. The first kappa shape index (κ1) is 32.6. The van der Waals surface area contributed by atoms with Crippen LogP contribution in [0, 0.1) is 0 Å². The minimum atomic E-state index is -2.16. The van der Waals surface area contributed by atoms with Crippen LogP contribution in [0.4, 0.5) is 0 Å². The molecule has 0 spiro atoms. The molecule has 6 nitrogen and oxygen atoms in total. The first-order valence-corrected chi connectivity index (χ1v) is 24.9. The Kier molecular flexibility index (Phi) is 15.9. The standard InChI is InChI=1S/C22H54O6Si4/c1-12-15-23-19-22(20-24-16-13-2)25-17-14-18-32(11,28-30(6,7)8)21-26-31(9,10)27-29(3,4)5/h22H,12-21H2,1-11H3. The van der Waals surface area contributed by atoms with E-state index >= 15 is 0 Å². The molecule has 0 heterocycles. The van der Waals surface area contributed by atoms with Crippen molar-refractivity contribution < 1.29 is 26.9 Å². The minimum Gasteiger partial charge on any atom is -0.454 e. The van der Waals surface area contributed by atoms with Crippen LogP contribution in [0.2, 0.25) is 65.0 Å². The molecule has 0 aliphatic carbocycles.